The molecule has 6 rings (SSSR count). The summed E-state index contributed by atoms with van der Waals surface area (Å²) in [6, 6.07) is 35.2. The van der Waals surface area contributed by atoms with Gasteiger partial charge in [0.2, 0.25) is 0 Å². The number of benzene rings is 4. The Bertz CT molecular complexity index is 1250. The minimum absolute atomic E-state index is 0. The van der Waals surface area contributed by atoms with Gasteiger partial charge in [0.25, 0.3) is 0 Å². The quantitative estimate of drug-likeness (QED) is 0.123. The molecule has 0 unspecified atom stereocenters. The Balaban J connectivity index is 0.000000732. The van der Waals surface area contributed by atoms with Crippen molar-refractivity contribution in [1.29, 1.82) is 0 Å². The van der Waals surface area contributed by atoms with Crippen molar-refractivity contribution in [1.82, 2.24) is 0 Å². The van der Waals surface area contributed by atoms with Crippen LogP contribution in [0, 0.1) is 40.4 Å². The third-order valence-corrected chi connectivity index (χ3v) is 6.66. The first kappa shape index (κ1) is 42.0. The Morgan fingerprint density at radius 3 is 1.33 bits per heavy atom. The minimum atomic E-state index is -3.67. The van der Waals surface area contributed by atoms with Crippen molar-refractivity contribution in [2.45, 2.75) is 42.5 Å². The molecule has 2 heterocycles. The molecule has 4 aromatic carbocycles. The third kappa shape index (κ3) is 12.4. The van der Waals surface area contributed by atoms with Crippen molar-refractivity contribution in [2.75, 3.05) is 26.3 Å². The molecule has 0 atom stereocenters. The van der Waals surface area contributed by atoms with Gasteiger partial charge in [0.1, 0.15) is 0 Å². The molecule has 0 N–H and O–H groups in total. The molecule has 0 aliphatic carbocycles. The predicted octanol–water partition coefficient (Wildman–Crippen LogP) is 7.23. The fourth-order valence-electron chi connectivity index (χ4n) is 4.25. The maximum absolute atomic E-state index is 9.67. The van der Waals surface area contributed by atoms with Crippen LogP contribution in [0.5, 0.6) is 0 Å². The molecule has 249 valence electrons. The van der Waals surface area contributed by atoms with Crippen molar-refractivity contribution in [2.24, 2.45) is 0 Å². The first-order valence-corrected chi connectivity index (χ1v) is 13.6. The van der Waals surface area contributed by atoms with Crippen LogP contribution in [-0.2, 0) is 20.1 Å². The number of aryl methyl sites for hydroxylation is 4. The van der Waals surface area contributed by atoms with E-state index < -0.39 is 7.54 Å². The Morgan fingerprint density at radius 1 is 0.565 bits per heavy atom. The second-order valence-corrected chi connectivity index (χ2v) is 10.1. The molecule has 10 heteroatoms. The summed E-state index contributed by atoms with van der Waals surface area (Å²) in [5.41, 5.74) is 9.77. The molecule has 0 fully saturated rings. The van der Waals surface area contributed by atoms with E-state index >= 15 is 0 Å². The first-order valence-electron chi connectivity index (χ1n) is 13.6. The van der Waals surface area contributed by atoms with E-state index in [2.05, 4.69) is 164 Å². The van der Waals surface area contributed by atoms with Gasteiger partial charge < -0.3 is 24.3 Å². The molecule has 1 radical (unpaired) electrons. The fraction of sp³-hybridized carbons (Fsp3) is 0.194. The van der Waals surface area contributed by atoms with Crippen LogP contribution in [0.3, 0.4) is 0 Å². The molecule has 2 aliphatic heterocycles. The van der Waals surface area contributed by atoms with E-state index in [0.29, 0.717) is 0 Å². The van der Waals surface area contributed by atoms with E-state index in [1.54, 1.807) is 0 Å². The van der Waals surface area contributed by atoms with Crippen LogP contribution >= 0.6 is 0 Å². The zero-order chi connectivity index (χ0) is 30.1. The van der Waals surface area contributed by atoms with Crippen LogP contribution in [0.15, 0.2) is 116 Å². The summed E-state index contributed by atoms with van der Waals surface area (Å²) in [5, 5.41) is 0. The van der Waals surface area contributed by atoms with Crippen molar-refractivity contribution in [3.8, 4) is 0 Å². The SMILES string of the molecule is C.C.Cc1c[c-]c(N2C=CN(c3ccc(C)cc3)[CH-]2)cc1.Cc1ccc(N2C=CN(c3ccc(C)cc3)C2)cc1.FB(F)F.[F-].[Ir]. The summed E-state index contributed by atoms with van der Waals surface area (Å²) >= 11 is 0. The summed E-state index contributed by atoms with van der Waals surface area (Å²) < 4.78 is 29.0. The molecule has 0 aromatic heterocycles. The average molecular weight is 810 g/mol. The number of nitrogens with zero attached hydrogens (tertiary/aromatic N) is 4. The van der Waals surface area contributed by atoms with Gasteiger partial charge in [-0.25, -0.2) is 0 Å². The molecule has 0 saturated carbocycles. The maximum atomic E-state index is 9.67. The van der Waals surface area contributed by atoms with Gasteiger partial charge in [0, 0.05) is 49.6 Å². The molecule has 0 amide bonds. The fourth-order valence-corrected chi connectivity index (χ4v) is 4.25. The molecule has 2 aliphatic rings. The zero-order valence-corrected chi connectivity index (χ0v) is 27.4. The van der Waals surface area contributed by atoms with Crippen LogP contribution in [0.25, 0.3) is 0 Å². The summed E-state index contributed by atoms with van der Waals surface area (Å²) in [7, 11) is -3.67. The Labute approximate surface area is 286 Å². The number of anilines is 4. The van der Waals surface area contributed by atoms with Crippen molar-refractivity contribution in [3.63, 3.8) is 0 Å². The van der Waals surface area contributed by atoms with E-state index in [1.165, 1.54) is 33.6 Å². The minimum Gasteiger partial charge on any atom is -1.00 e. The monoisotopic (exact) mass is 810 g/mol. The molecule has 4 aromatic rings. The zero-order valence-electron chi connectivity index (χ0n) is 25.0. The van der Waals surface area contributed by atoms with Gasteiger partial charge in [-0.2, -0.15) is 23.8 Å². The van der Waals surface area contributed by atoms with E-state index in [1.807, 2.05) is 12.3 Å². The summed E-state index contributed by atoms with van der Waals surface area (Å²) in [5.74, 6) is 0. The molecule has 0 spiro atoms. The van der Waals surface area contributed by atoms with Crippen molar-refractivity contribution < 1.29 is 37.8 Å². The number of rotatable bonds is 4. The molecule has 0 saturated heterocycles. The topological polar surface area (TPSA) is 13.0 Å². The van der Waals surface area contributed by atoms with Crippen LogP contribution in [0.4, 0.5) is 35.7 Å². The van der Waals surface area contributed by atoms with Gasteiger partial charge in [0.05, 0.1) is 6.67 Å². The molecule has 4 nitrogen and oxygen atoms in total. The van der Waals surface area contributed by atoms with E-state index in [9.17, 15) is 12.9 Å². The van der Waals surface area contributed by atoms with E-state index in [0.717, 1.165) is 18.0 Å². The number of halogens is 4. The normalized spacial score (nSPS) is 12.3. The summed E-state index contributed by atoms with van der Waals surface area (Å²) in [4.78, 5) is 8.67. The first-order chi connectivity index (χ1) is 20.2. The van der Waals surface area contributed by atoms with Crippen LogP contribution in [-0.4, -0.2) is 14.2 Å². The standard InChI is InChI=1S/C17H18N2.C17H16N2.2CH4.BF3.FH.Ir/c2*1-14-3-7-16(8-4-14)18-11-12-19(13-18)17-9-5-15(2)6-10-17;;;2-1(3)4;;/h3-12H,13H2,1-2H3;3-9,11-13H,1-2H3;2*1H4;;1H;/q;-2;;;;;/p-1. The van der Waals surface area contributed by atoms with Crippen LogP contribution < -0.4 is 24.3 Å². The second kappa shape index (κ2) is 20.2. The van der Waals surface area contributed by atoms with Gasteiger partial charge in [-0.15, -0.1) is 18.4 Å². The van der Waals surface area contributed by atoms with Crippen molar-refractivity contribution >= 4 is 30.3 Å². The van der Waals surface area contributed by atoms with Crippen LogP contribution in [0.2, 0.25) is 0 Å². The smallest absolute Gasteiger partial charge is 0.762 e. The Morgan fingerprint density at radius 2 is 0.935 bits per heavy atom. The third-order valence-electron chi connectivity index (χ3n) is 6.66. The van der Waals surface area contributed by atoms with Gasteiger partial charge in [-0.3, -0.25) is 12.9 Å². The Hall–Kier alpha value is -4.01. The van der Waals surface area contributed by atoms with Gasteiger partial charge >= 0.3 is 7.54 Å². The molecular formula is C36H42BF4IrN4-3. The number of hydrogen-bond acceptors (Lipinski definition) is 4. The van der Waals surface area contributed by atoms with Gasteiger partial charge in [-0.1, -0.05) is 74.9 Å². The summed E-state index contributed by atoms with van der Waals surface area (Å²) in [6.45, 7) is 11.3. The van der Waals surface area contributed by atoms with Gasteiger partial charge in [-0.05, 0) is 69.6 Å². The van der Waals surface area contributed by atoms with E-state index in [-0.39, 0.29) is 39.7 Å². The molecule has 46 heavy (non-hydrogen) atoms. The maximum Gasteiger partial charge on any atom is 0.762 e. The number of hydrogen-bond donors (Lipinski definition) is 0. The second-order valence-electron chi connectivity index (χ2n) is 10.1. The predicted molar refractivity (Wildman–Crippen MR) is 183 cm³/mol. The molecular weight excluding hydrogens is 767 g/mol. The van der Waals surface area contributed by atoms with Crippen LogP contribution in [0.1, 0.15) is 37.1 Å². The van der Waals surface area contributed by atoms with Crippen molar-refractivity contribution in [3.05, 3.63) is 151 Å². The largest absolute Gasteiger partial charge is 1.00 e. The van der Waals surface area contributed by atoms with Gasteiger partial charge in [0.15, 0.2) is 0 Å². The molecule has 0 bridgehead atoms. The summed E-state index contributed by atoms with van der Waals surface area (Å²) in [6.07, 6.45) is 8.36. The van der Waals surface area contributed by atoms with E-state index in [4.69, 9.17) is 0 Å². The average Bonchev–Trinajstić information content (AvgIpc) is 3.66. The Kier molecular flexibility index (Phi) is 18.4.